The number of carboxylic acid groups (broad SMARTS) is 1. The van der Waals surface area contributed by atoms with Crippen LogP contribution in [0.4, 0.5) is 0 Å². The van der Waals surface area contributed by atoms with E-state index in [2.05, 4.69) is 28.1 Å². The van der Waals surface area contributed by atoms with Crippen molar-refractivity contribution in [1.29, 1.82) is 0 Å². The molecule has 5 nitrogen and oxygen atoms in total. The SMILES string of the molecule is O=C(O)c1ccc(-c2nc3c(s2)CCN(C2=CC=C2)CC3)cn1. The van der Waals surface area contributed by atoms with Gasteiger partial charge in [0.25, 0.3) is 0 Å². The first-order chi connectivity index (χ1) is 11.2. The number of hydrogen-bond donors (Lipinski definition) is 1. The minimum atomic E-state index is -1.01. The Balaban J connectivity index is 1.54. The summed E-state index contributed by atoms with van der Waals surface area (Å²) in [5.74, 6) is -1.01. The molecule has 0 unspecified atom stereocenters. The number of aromatic nitrogens is 2. The molecule has 1 N–H and O–H groups in total. The highest BCUT2D eigenvalue weighted by atomic mass is 32.1. The zero-order valence-electron chi connectivity index (χ0n) is 12.4. The van der Waals surface area contributed by atoms with E-state index < -0.39 is 5.97 Å². The zero-order chi connectivity index (χ0) is 15.8. The number of nitrogens with zero attached hydrogens (tertiary/aromatic N) is 3. The van der Waals surface area contributed by atoms with E-state index in [1.165, 1.54) is 22.3 Å². The Hall–Kier alpha value is -2.47. The smallest absolute Gasteiger partial charge is 0.354 e. The first kappa shape index (κ1) is 14.1. The van der Waals surface area contributed by atoms with E-state index in [9.17, 15) is 4.79 Å². The Morgan fingerprint density at radius 1 is 1.26 bits per heavy atom. The van der Waals surface area contributed by atoms with Gasteiger partial charge in [0, 0.05) is 48.3 Å². The minimum absolute atomic E-state index is 0.0596. The summed E-state index contributed by atoms with van der Waals surface area (Å²) in [6, 6.07) is 3.31. The lowest BCUT2D eigenvalue weighted by Crippen LogP contribution is -2.26. The molecule has 2 aromatic rings. The van der Waals surface area contributed by atoms with Crippen LogP contribution in [0.2, 0.25) is 0 Å². The van der Waals surface area contributed by atoms with Crippen LogP contribution >= 0.6 is 11.3 Å². The molecule has 0 fully saturated rings. The number of hydrogen-bond acceptors (Lipinski definition) is 5. The Kier molecular flexibility index (Phi) is 3.46. The van der Waals surface area contributed by atoms with Gasteiger partial charge in [-0.2, -0.15) is 0 Å². The normalized spacial score (nSPS) is 16.3. The van der Waals surface area contributed by atoms with Crippen molar-refractivity contribution in [1.82, 2.24) is 14.9 Å². The van der Waals surface area contributed by atoms with Crippen LogP contribution in [-0.4, -0.2) is 39.0 Å². The largest absolute Gasteiger partial charge is 0.477 e. The van der Waals surface area contributed by atoms with Gasteiger partial charge < -0.3 is 10.0 Å². The number of thiazole rings is 1. The quantitative estimate of drug-likeness (QED) is 0.940. The maximum Gasteiger partial charge on any atom is 0.354 e. The summed E-state index contributed by atoms with van der Waals surface area (Å²) >= 11 is 1.69. The van der Waals surface area contributed by atoms with Gasteiger partial charge in [0.05, 0.1) is 5.69 Å². The Morgan fingerprint density at radius 3 is 2.74 bits per heavy atom. The van der Waals surface area contributed by atoms with Gasteiger partial charge in [-0.15, -0.1) is 11.3 Å². The molecule has 0 atom stereocenters. The number of carbonyl (C=O) groups is 1. The number of fused-ring (bicyclic) bond motifs is 1. The molecule has 116 valence electrons. The Labute approximate surface area is 137 Å². The lowest BCUT2D eigenvalue weighted by molar-refractivity contribution is 0.0690. The molecule has 2 aliphatic rings. The second-order valence-electron chi connectivity index (χ2n) is 5.56. The Morgan fingerprint density at radius 2 is 2.09 bits per heavy atom. The van der Waals surface area contributed by atoms with E-state index >= 15 is 0 Å². The lowest BCUT2D eigenvalue weighted by atomic mass is 10.2. The van der Waals surface area contributed by atoms with E-state index in [4.69, 9.17) is 10.1 Å². The van der Waals surface area contributed by atoms with E-state index in [-0.39, 0.29) is 5.69 Å². The maximum absolute atomic E-state index is 10.9. The standard InChI is InChI=1S/C17H15N3O2S/c21-17(22)14-5-4-11(10-18-14)16-19-13-6-8-20(12-2-1-3-12)9-7-15(13)23-16/h1-5,10H,6-9H2,(H,21,22). The fourth-order valence-electron chi connectivity index (χ4n) is 2.78. The topological polar surface area (TPSA) is 66.3 Å². The first-order valence-corrected chi connectivity index (χ1v) is 8.34. The summed E-state index contributed by atoms with van der Waals surface area (Å²) < 4.78 is 0. The number of rotatable bonds is 3. The lowest BCUT2D eigenvalue weighted by Gasteiger charge is -2.26. The zero-order valence-corrected chi connectivity index (χ0v) is 13.2. The molecular weight excluding hydrogens is 310 g/mol. The summed E-state index contributed by atoms with van der Waals surface area (Å²) in [7, 11) is 0. The molecule has 1 aliphatic heterocycles. The second-order valence-corrected chi connectivity index (χ2v) is 6.65. The van der Waals surface area contributed by atoms with Crippen molar-refractivity contribution >= 4 is 17.3 Å². The van der Waals surface area contributed by atoms with Gasteiger partial charge in [-0.3, -0.25) is 0 Å². The fraction of sp³-hybridized carbons (Fsp3) is 0.235. The van der Waals surface area contributed by atoms with Crippen LogP contribution in [0.1, 0.15) is 21.1 Å². The molecule has 1 aliphatic carbocycles. The van der Waals surface area contributed by atoms with Gasteiger partial charge in [-0.25, -0.2) is 14.8 Å². The molecular formula is C17H15N3O2S. The number of pyridine rings is 1. The molecule has 0 bridgehead atoms. The number of allylic oxidation sites excluding steroid dienone is 3. The van der Waals surface area contributed by atoms with Crippen LogP contribution in [0, 0.1) is 0 Å². The molecule has 4 rings (SSSR count). The van der Waals surface area contributed by atoms with Crippen LogP contribution in [0.15, 0.2) is 42.3 Å². The summed E-state index contributed by atoms with van der Waals surface area (Å²) in [5, 5.41) is 9.84. The summed E-state index contributed by atoms with van der Waals surface area (Å²) in [5.41, 5.74) is 3.42. The summed E-state index contributed by atoms with van der Waals surface area (Å²) in [4.78, 5) is 23.3. The van der Waals surface area contributed by atoms with Crippen LogP contribution in [0.25, 0.3) is 10.6 Å². The van der Waals surface area contributed by atoms with E-state index in [1.54, 1.807) is 23.6 Å². The third-order valence-electron chi connectivity index (χ3n) is 4.13. The van der Waals surface area contributed by atoms with Gasteiger partial charge in [-0.1, -0.05) is 6.08 Å². The van der Waals surface area contributed by atoms with E-state index in [0.29, 0.717) is 0 Å². The summed E-state index contributed by atoms with van der Waals surface area (Å²) in [6.45, 7) is 2.00. The molecule has 0 aromatic carbocycles. The predicted octanol–water partition coefficient (Wildman–Crippen LogP) is 2.76. The maximum atomic E-state index is 10.9. The third-order valence-corrected chi connectivity index (χ3v) is 5.34. The molecule has 23 heavy (non-hydrogen) atoms. The first-order valence-electron chi connectivity index (χ1n) is 7.52. The second kappa shape index (κ2) is 5.62. The molecule has 3 heterocycles. The third kappa shape index (κ3) is 2.66. The minimum Gasteiger partial charge on any atom is -0.477 e. The van der Waals surface area contributed by atoms with Crippen LogP contribution in [-0.2, 0) is 12.8 Å². The van der Waals surface area contributed by atoms with Crippen molar-refractivity contribution in [3.05, 3.63) is 58.5 Å². The predicted molar refractivity (Wildman–Crippen MR) is 88.5 cm³/mol. The van der Waals surface area contributed by atoms with Crippen molar-refractivity contribution in [3.63, 3.8) is 0 Å². The van der Waals surface area contributed by atoms with E-state index in [0.717, 1.165) is 36.5 Å². The molecule has 0 radical (unpaired) electrons. The monoisotopic (exact) mass is 325 g/mol. The van der Waals surface area contributed by atoms with Crippen LogP contribution < -0.4 is 0 Å². The van der Waals surface area contributed by atoms with Gasteiger partial charge in [0.2, 0.25) is 0 Å². The molecule has 0 spiro atoms. The van der Waals surface area contributed by atoms with Crippen molar-refractivity contribution < 1.29 is 9.90 Å². The molecule has 0 saturated carbocycles. The average molecular weight is 325 g/mol. The van der Waals surface area contributed by atoms with Crippen LogP contribution in [0.3, 0.4) is 0 Å². The highest BCUT2D eigenvalue weighted by Crippen LogP contribution is 2.31. The van der Waals surface area contributed by atoms with Gasteiger partial charge in [-0.05, 0) is 24.3 Å². The highest BCUT2D eigenvalue weighted by Gasteiger charge is 2.20. The highest BCUT2D eigenvalue weighted by molar-refractivity contribution is 7.15. The van der Waals surface area contributed by atoms with Crippen molar-refractivity contribution in [2.24, 2.45) is 0 Å². The number of aromatic carboxylic acids is 1. The fourth-order valence-corrected chi connectivity index (χ4v) is 3.87. The molecule has 0 amide bonds. The van der Waals surface area contributed by atoms with Crippen molar-refractivity contribution in [3.8, 4) is 10.6 Å². The van der Waals surface area contributed by atoms with Gasteiger partial charge >= 0.3 is 5.97 Å². The van der Waals surface area contributed by atoms with Crippen molar-refractivity contribution in [2.45, 2.75) is 12.8 Å². The molecule has 0 saturated heterocycles. The van der Waals surface area contributed by atoms with Gasteiger partial charge in [0.1, 0.15) is 10.7 Å². The summed E-state index contributed by atoms with van der Waals surface area (Å²) in [6.07, 6.45) is 9.90. The molecule has 6 heteroatoms. The van der Waals surface area contributed by atoms with Crippen molar-refractivity contribution in [2.75, 3.05) is 13.1 Å². The van der Waals surface area contributed by atoms with Crippen LogP contribution in [0.5, 0.6) is 0 Å². The van der Waals surface area contributed by atoms with Gasteiger partial charge in [0.15, 0.2) is 0 Å². The number of carboxylic acids is 1. The Bertz CT molecular complexity index is 795. The average Bonchev–Trinajstić information content (AvgIpc) is 2.82. The molecule has 2 aromatic heterocycles. The van der Waals surface area contributed by atoms with E-state index in [1.807, 2.05) is 0 Å².